The van der Waals surface area contributed by atoms with Crippen molar-refractivity contribution in [1.82, 2.24) is 9.21 Å². The molecule has 1 aromatic carbocycles. The molecule has 0 radical (unpaired) electrons. The molecular weight excluding hydrogens is 302 g/mol. The Hall–Kier alpha value is -1.09. The van der Waals surface area contributed by atoms with Gasteiger partial charge in [0.2, 0.25) is 10.0 Å². The summed E-state index contributed by atoms with van der Waals surface area (Å²) in [5.74, 6) is -1.74. The molecule has 0 aliphatic carbocycles. The quantitative estimate of drug-likeness (QED) is 0.885. The molecule has 0 spiro atoms. The maximum absolute atomic E-state index is 13.7. The summed E-state index contributed by atoms with van der Waals surface area (Å²) in [5, 5.41) is 8.92. The maximum atomic E-state index is 13.7. The van der Waals surface area contributed by atoms with Crippen LogP contribution < -0.4 is 0 Å². The summed E-state index contributed by atoms with van der Waals surface area (Å²) in [7, 11) is -4.05. The Balaban J connectivity index is 2.21. The SMILES string of the molecule is O=S(=O)(c1cc(F)ccc1F)N1CCCN(CCO)CC1. The molecule has 0 atom stereocenters. The number of rotatable bonds is 4. The lowest BCUT2D eigenvalue weighted by atomic mass is 10.3. The Morgan fingerprint density at radius 3 is 2.62 bits per heavy atom. The molecule has 1 heterocycles. The first-order valence-electron chi connectivity index (χ1n) is 6.73. The van der Waals surface area contributed by atoms with Crippen LogP contribution in [0.2, 0.25) is 0 Å². The van der Waals surface area contributed by atoms with Crippen molar-refractivity contribution in [1.29, 1.82) is 0 Å². The Morgan fingerprint density at radius 2 is 1.90 bits per heavy atom. The van der Waals surface area contributed by atoms with Gasteiger partial charge in [0.25, 0.3) is 0 Å². The zero-order valence-electron chi connectivity index (χ0n) is 11.5. The van der Waals surface area contributed by atoms with Crippen molar-refractivity contribution in [3.8, 4) is 0 Å². The van der Waals surface area contributed by atoms with Crippen molar-refractivity contribution in [3.05, 3.63) is 29.8 Å². The van der Waals surface area contributed by atoms with Crippen LogP contribution in [0.25, 0.3) is 0 Å². The van der Waals surface area contributed by atoms with Gasteiger partial charge in [0.05, 0.1) is 6.61 Å². The van der Waals surface area contributed by atoms with Gasteiger partial charge in [-0.05, 0) is 31.2 Å². The van der Waals surface area contributed by atoms with E-state index in [-0.39, 0.29) is 19.7 Å². The summed E-state index contributed by atoms with van der Waals surface area (Å²) in [6, 6.07) is 2.42. The summed E-state index contributed by atoms with van der Waals surface area (Å²) in [5.41, 5.74) is 0. The van der Waals surface area contributed by atoms with Crippen LogP contribution in [-0.4, -0.2) is 62.1 Å². The van der Waals surface area contributed by atoms with Crippen molar-refractivity contribution in [2.75, 3.05) is 39.3 Å². The number of benzene rings is 1. The molecule has 21 heavy (non-hydrogen) atoms. The van der Waals surface area contributed by atoms with Crippen LogP contribution in [0.4, 0.5) is 8.78 Å². The number of aliphatic hydroxyl groups is 1. The van der Waals surface area contributed by atoms with E-state index in [9.17, 15) is 17.2 Å². The van der Waals surface area contributed by atoms with Crippen molar-refractivity contribution in [2.24, 2.45) is 0 Å². The van der Waals surface area contributed by atoms with Gasteiger partial charge < -0.3 is 5.11 Å². The smallest absolute Gasteiger partial charge is 0.246 e. The Bertz CT molecular complexity index is 595. The Kier molecular flexibility index (Phi) is 5.26. The number of hydrogen-bond acceptors (Lipinski definition) is 4. The molecule has 1 aromatic rings. The van der Waals surface area contributed by atoms with E-state index in [0.29, 0.717) is 32.1 Å². The summed E-state index contributed by atoms with van der Waals surface area (Å²) in [6.07, 6.45) is 0.580. The van der Waals surface area contributed by atoms with Crippen LogP contribution in [0, 0.1) is 11.6 Å². The molecule has 8 heteroatoms. The molecule has 1 N–H and O–H groups in total. The van der Waals surface area contributed by atoms with E-state index in [4.69, 9.17) is 5.11 Å². The lowest BCUT2D eigenvalue weighted by molar-refractivity contribution is 0.202. The van der Waals surface area contributed by atoms with Gasteiger partial charge in [0.15, 0.2) is 0 Å². The van der Waals surface area contributed by atoms with E-state index in [1.54, 1.807) is 0 Å². The van der Waals surface area contributed by atoms with Gasteiger partial charge in [-0.15, -0.1) is 0 Å². The summed E-state index contributed by atoms with van der Waals surface area (Å²) >= 11 is 0. The van der Waals surface area contributed by atoms with Crippen LogP contribution in [-0.2, 0) is 10.0 Å². The van der Waals surface area contributed by atoms with Crippen LogP contribution in [0.5, 0.6) is 0 Å². The fourth-order valence-corrected chi connectivity index (χ4v) is 3.91. The van der Waals surface area contributed by atoms with E-state index >= 15 is 0 Å². The zero-order valence-corrected chi connectivity index (χ0v) is 12.3. The second-order valence-electron chi connectivity index (χ2n) is 4.90. The topological polar surface area (TPSA) is 60.9 Å². The highest BCUT2D eigenvalue weighted by Crippen LogP contribution is 2.21. The molecule has 0 unspecified atom stereocenters. The molecule has 1 fully saturated rings. The average molecular weight is 320 g/mol. The molecule has 118 valence electrons. The predicted octanol–water partition coefficient (Wildman–Crippen LogP) is 0.654. The number of β-amino-alcohol motifs (C(OH)–C–C–N with tert-alkyl or cyclic N) is 1. The van der Waals surface area contributed by atoms with E-state index in [1.165, 1.54) is 4.31 Å². The normalized spacial score (nSPS) is 18.6. The van der Waals surface area contributed by atoms with Crippen molar-refractivity contribution >= 4 is 10.0 Å². The molecule has 0 saturated carbocycles. The largest absolute Gasteiger partial charge is 0.395 e. The van der Waals surface area contributed by atoms with E-state index in [2.05, 4.69) is 0 Å². The second kappa shape index (κ2) is 6.78. The van der Waals surface area contributed by atoms with Gasteiger partial charge >= 0.3 is 0 Å². The van der Waals surface area contributed by atoms with Crippen LogP contribution in [0.3, 0.4) is 0 Å². The average Bonchev–Trinajstić information content (AvgIpc) is 2.68. The molecule has 0 aromatic heterocycles. The standard InChI is InChI=1S/C13H18F2N2O3S/c14-11-2-3-12(15)13(10-11)21(19,20)17-5-1-4-16(6-7-17)8-9-18/h2-3,10,18H,1,4-9H2. The summed E-state index contributed by atoms with van der Waals surface area (Å²) in [6.45, 7) is 2.04. The molecule has 1 aliphatic heterocycles. The van der Waals surface area contributed by atoms with Crippen LogP contribution in [0.15, 0.2) is 23.1 Å². The molecule has 1 aliphatic rings. The van der Waals surface area contributed by atoms with Crippen LogP contribution >= 0.6 is 0 Å². The second-order valence-corrected chi connectivity index (χ2v) is 6.80. The van der Waals surface area contributed by atoms with Gasteiger partial charge in [-0.1, -0.05) is 0 Å². The number of nitrogens with zero attached hydrogens (tertiary/aromatic N) is 2. The third-order valence-corrected chi connectivity index (χ3v) is 5.39. The van der Waals surface area contributed by atoms with Gasteiger partial charge in [-0.25, -0.2) is 17.2 Å². The lowest BCUT2D eigenvalue weighted by Gasteiger charge is -2.21. The third kappa shape index (κ3) is 3.76. The number of halogens is 2. The minimum Gasteiger partial charge on any atom is -0.395 e. The maximum Gasteiger partial charge on any atom is 0.246 e. The minimum absolute atomic E-state index is 0.00523. The Labute approximate surface area is 122 Å². The fraction of sp³-hybridized carbons (Fsp3) is 0.538. The first-order chi connectivity index (χ1) is 9.95. The van der Waals surface area contributed by atoms with Gasteiger partial charge in [0, 0.05) is 26.2 Å². The molecule has 1 saturated heterocycles. The summed E-state index contributed by atoms with van der Waals surface area (Å²) < 4.78 is 52.9. The highest BCUT2D eigenvalue weighted by molar-refractivity contribution is 7.89. The number of aliphatic hydroxyl groups excluding tert-OH is 1. The predicted molar refractivity (Wildman–Crippen MR) is 73.3 cm³/mol. The van der Waals surface area contributed by atoms with Crippen molar-refractivity contribution < 1.29 is 22.3 Å². The fourth-order valence-electron chi connectivity index (χ4n) is 2.37. The zero-order chi connectivity index (χ0) is 15.5. The number of hydrogen-bond donors (Lipinski definition) is 1. The van der Waals surface area contributed by atoms with Gasteiger partial charge in [-0.2, -0.15) is 4.31 Å². The highest BCUT2D eigenvalue weighted by atomic mass is 32.2. The first kappa shape index (κ1) is 16.3. The third-order valence-electron chi connectivity index (χ3n) is 3.47. The summed E-state index contributed by atoms with van der Waals surface area (Å²) in [4.78, 5) is 1.32. The van der Waals surface area contributed by atoms with Crippen LogP contribution in [0.1, 0.15) is 6.42 Å². The number of sulfonamides is 1. The highest BCUT2D eigenvalue weighted by Gasteiger charge is 2.29. The molecular formula is C13H18F2N2O3S. The molecule has 5 nitrogen and oxygen atoms in total. The van der Waals surface area contributed by atoms with Gasteiger partial charge in [-0.3, -0.25) is 4.90 Å². The van der Waals surface area contributed by atoms with Crippen molar-refractivity contribution in [3.63, 3.8) is 0 Å². The van der Waals surface area contributed by atoms with E-state index in [0.717, 1.165) is 12.1 Å². The van der Waals surface area contributed by atoms with Crippen molar-refractivity contribution in [2.45, 2.75) is 11.3 Å². The van der Waals surface area contributed by atoms with Gasteiger partial charge in [0.1, 0.15) is 16.5 Å². The van der Waals surface area contributed by atoms with E-state index < -0.39 is 26.6 Å². The monoisotopic (exact) mass is 320 g/mol. The van der Waals surface area contributed by atoms with E-state index in [1.807, 2.05) is 4.90 Å². The first-order valence-corrected chi connectivity index (χ1v) is 8.17. The molecule has 0 bridgehead atoms. The minimum atomic E-state index is -4.05. The molecule has 2 rings (SSSR count). The Morgan fingerprint density at radius 1 is 1.14 bits per heavy atom. The molecule has 0 amide bonds. The lowest BCUT2D eigenvalue weighted by Crippen LogP contribution is -2.36.